The zero-order chi connectivity index (χ0) is 14.5. The molecule has 1 aromatic carbocycles. The van der Waals surface area contributed by atoms with Crippen molar-refractivity contribution in [1.82, 2.24) is 0 Å². The Hall–Kier alpha value is -0.603. The second-order valence-electron chi connectivity index (χ2n) is 3.83. The van der Waals surface area contributed by atoms with Gasteiger partial charge in [-0.25, -0.2) is 0 Å². The summed E-state index contributed by atoms with van der Waals surface area (Å²) in [6.07, 6.45) is 2.36. The van der Waals surface area contributed by atoms with Crippen LogP contribution < -0.4 is 9.47 Å². The van der Waals surface area contributed by atoms with Gasteiger partial charge in [0, 0.05) is 5.54 Å². The minimum Gasteiger partial charge on any atom is -0.490 e. The summed E-state index contributed by atoms with van der Waals surface area (Å²) >= 11 is 18.3. The molecule has 0 spiro atoms. The van der Waals surface area contributed by atoms with Gasteiger partial charge in [-0.05, 0) is 31.0 Å². The Bertz CT molecular complexity index is 471. The van der Waals surface area contributed by atoms with Gasteiger partial charge in [0.1, 0.15) is 0 Å². The molecule has 3 nitrogen and oxygen atoms in total. The van der Waals surface area contributed by atoms with Crippen molar-refractivity contribution in [2.75, 3.05) is 6.61 Å². The van der Waals surface area contributed by atoms with Crippen LogP contribution in [0.1, 0.15) is 31.4 Å². The molecule has 0 N–H and O–H groups in total. The van der Waals surface area contributed by atoms with Gasteiger partial charge in [-0.15, -0.1) is 38.5 Å². The molecule has 1 atom stereocenters. The summed E-state index contributed by atoms with van der Waals surface area (Å²) in [4.78, 5) is 0. The highest BCUT2D eigenvalue weighted by Gasteiger charge is 2.37. The van der Waals surface area contributed by atoms with Gasteiger partial charge in [0.2, 0.25) is 0 Å². The molecule has 0 saturated carbocycles. The molecule has 1 unspecified atom stereocenters. The van der Waals surface area contributed by atoms with Crippen LogP contribution in [0.2, 0.25) is 0 Å². The van der Waals surface area contributed by atoms with Crippen LogP contribution in [0, 0.1) is 11.5 Å². The largest absolute Gasteiger partial charge is 0.490 e. The zero-order valence-electron chi connectivity index (χ0n) is 10.6. The van der Waals surface area contributed by atoms with E-state index in [1.807, 2.05) is 13.8 Å². The van der Waals surface area contributed by atoms with Gasteiger partial charge in [0.15, 0.2) is 11.5 Å². The van der Waals surface area contributed by atoms with E-state index >= 15 is 0 Å². The standard InChI is InChI=1S/C12H14Cl3NO2Si/c1-3-12(19(13,14)15)9-5-6-10(18-8-16)11(7-9)17-4-2/h5-7,12H,3-4H2,1-2H3. The molecular formula is C12H14Cl3NO2Si. The average molecular weight is 339 g/mol. The second-order valence-corrected chi connectivity index (χ2v) is 12.7. The first-order valence-electron chi connectivity index (χ1n) is 5.83. The number of nitrogens with zero attached hydrogens (tertiary/aromatic N) is 1. The summed E-state index contributed by atoms with van der Waals surface area (Å²) in [5.74, 6) is 0.859. The number of halogens is 3. The smallest absolute Gasteiger partial charge is 0.348 e. The Morgan fingerprint density at radius 3 is 2.42 bits per heavy atom. The van der Waals surface area contributed by atoms with Crippen molar-refractivity contribution in [2.24, 2.45) is 0 Å². The van der Waals surface area contributed by atoms with Crippen molar-refractivity contribution in [3.8, 4) is 17.8 Å². The molecule has 7 heteroatoms. The van der Waals surface area contributed by atoms with E-state index in [1.54, 1.807) is 24.5 Å². The van der Waals surface area contributed by atoms with Crippen molar-refractivity contribution in [2.45, 2.75) is 25.8 Å². The number of rotatable bonds is 6. The molecule has 0 radical (unpaired) electrons. The maximum atomic E-state index is 8.58. The normalized spacial score (nSPS) is 12.6. The molecular weight excluding hydrogens is 325 g/mol. The Morgan fingerprint density at radius 1 is 1.26 bits per heavy atom. The lowest BCUT2D eigenvalue weighted by Crippen LogP contribution is -2.22. The van der Waals surface area contributed by atoms with Gasteiger partial charge < -0.3 is 9.47 Å². The number of hydrogen-bond acceptors (Lipinski definition) is 3. The van der Waals surface area contributed by atoms with Gasteiger partial charge in [-0.1, -0.05) is 13.0 Å². The minimum atomic E-state index is -2.85. The first-order chi connectivity index (χ1) is 8.93. The summed E-state index contributed by atoms with van der Waals surface area (Å²) in [6.45, 7) is 4.29. The molecule has 1 aromatic rings. The van der Waals surface area contributed by atoms with Crippen molar-refractivity contribution in [3.63, 3.8) is 0 Å². The van der Waals surface area contributed by atoms with Crippen molar-refractivity contribution >= 4 is 39.2 Å². The lowest BCUT2D eigenvalue weighted by molar-refractivity contribution is 0.323. The summed E-state index contributed by atoms with van der Waals surface area (Å²) in [7, 11) is 0. The van der Waals surface area contributed by atoms with E-state index in [9.17, 15) is 0 Å². The first-order valence-corrected chi connectivity index (χ1v) is 10.9. The van der Waals surface area contributed by atoms with E-state index in [4.69, 9.17) is 48.0 Å². The topological polar surface area (TPSA) is 42.2 Å². The Labute approximate surface area is 128 Å². The molecule has 0 fully saturated rings. The van der Waals surface area contributed by atoms with E-state index in [0.29, 0.717) is 18.1 Å². The van der Waals surface area contributed by atoms with E-state index in [2.05, 4.69) is 0 Å². The van der Waals surface area contributed by atoms with Crippen LogP contribution in [0.4, 0.5) is 0 Å². The number of ether oxygens (including phenoxy) is 2. The van der Waals surface area contributed by atoms with Crippen molar-refractivity contribution in [3.05, 3.63) is 23.8 Å². The summed E-state index contributed by atoms with van der Waals surface area (Å²) in [5, 5.41) is 8.58. The minimum absolute atomic E-state index is 0.118. The maximum Gasteiger partial charge on any atom is 0.348 e. The van der Waals surface area contributed by atoms with Gasteiger partial charge in [-0.2, -0.15) is 0 Å². The van der Waals surface area contributed by atoms with Crippen LogP contribution in [0.25, 0.3) is 0 Å². The molecule has 0 aliphatic carbocycles. The van der Waals surface area contributed by atoms with Gasteiger partial charge in [-0.3, -0.25) is 0 Å². The fourth-order valence-corrected chi connectivity index (χ4v) is 5.34. The SMILES string of the molecule is CCOc1cc(C(CC)[Si](Cl)(Cl)Cl)ccc1OC#N. The molecule has 0 amide bonds. The molecule has 0 aromatic heterocycles. The highest BCUT2D eigenvalue weighted by atomic mass is 35.8. The number of hydrogen-bond donors (Lipinski definition) is 0. The molecule has 104 valence electrons. The summed E-state index contributed by atoms with van der Waals surface area (Å²) in [5.41, 5.74) is 0.774. The Morgan fingerprint density at radius 2 is 1.95 bits per heavy atom. The average Bonchev–Trinajstić information content (AvgIpc) is 2.32. The van der Waals surface area contributed by atoms with Gasteiger partial charge in [0.25, 0.3) is 6.26 Å². The van der Waals surface area contributed by atoms with Crippen LogP contribution in [0.5, 0.6) is 11.5 Å². The molecule has 0 saturated heterocycles. The van der Waals surface area contributed by atoms with Crippen LogP contribution >= 0.6 is 33.2 Å². The molecule has 19 heavy (non-hydrogen) atoms. The van der Waals surface area contributed by atoms with Crippen LogP contribution in [0.3, 0.4) is 0 Å². The first kappa shape index (κ1) is 16.5. The fourth-order valence-electron chi connectivity index (χ4n) is 1.80. The third-order valence-electron chi connectivity index (χ3n) is 2.63. The van der Waals surface area contributed by atoms with Gasteiger partial charge >= 0.3 is 6.00 Å². The Balaban J connectivity index is 3.17. The maximum absolute atomic E-state index is 8.58. The van der Waals surface area contributed by atoms with Crippen molar-refractivity contribution < 1.29 is 9.47 Å². The predicted molar refractivity (Wildman–Crippen MR) is 80.2 cm³/mol. The zero-order valence-corrected chi connectivity index (χ0v) is 13.9. The summed E-state index contributed by atoms with van der Waals surface area (Å²) < 4.78 is 10.3. The van der Waals surface area contributed by atoms with E-state index in [-0.39, 0.29) is 5.54 Å². The quantitative estimate of drug-likeness (QED) is 0.431. The number of nitriles is 1. The lowest BCUT2D eigenvalue weighted by atomic mass is 10.1. The van der Waals surface area contributed by atoms with Crippen LogP contribution in [-0.4, -0.2) is 12.6 Å². The van der Waals surface area contributed by atoms with Crippen molar-refractivity contribution in [1.29, 1.82) is 5.26 Å². The van der Waals surface area contributed by atoms with Gasteiger partial charge in [0.05, 0.1) is 6.61 Å². The fraction of sp³-hybridized carbons (Fsp3) is 0.417. The number of benzene rings is 1. The molecule has 1 rings (SSSR count). The third kappa shape index (κ3) is 4.46. The van der Waals surface area contributed by atoms with E-state index < -0.39 is 6.00 Å². The molecule has 0 aliphatic heterocycles. The summed E-state index contributed by atoms with van der Waals surface area (Å²) in [6, 6.07) is 2.39. The van der Waals surface area contributed by atoms with E-state index in [0.717, 1.165) is 12.0 Å². The highest BCUT2D eigenvalue weighted by Crippen LogP contribution is 2.41. The molecule has 0 bridgehead atoms. The molecule has 0 aliphatic rings. The Kier molecular flexibility index (Phi) is 6.28. The monoisotopic (exact) mass is 337 g/mol. The second kappa shape index (κ2) is 7.25. The van der Waals surface area contributed by atoms with E-state index in [1.165, 1.54) is 0 Å². The highest BCUT2D eigenvalue weighted by molar-refractivity contribution is 7.65. The predicted octanol–water partition coefficient (Wildman–Crippen LogP) is 4.63. The molecule has 0 heterocycles. The third-order valence-corrected chi connectivity index (χ3v) is 6.53. The lowest BCUT2D eigenvalue weighted by Gasteiger charge is -2.22. The van der Waals surface area contributed by atoms with Crippen LogP contribution in [-0.2, 0) is 0 Å². The van der Waals surface area contributed by atoms with Crippen LogP contribution in [0.15, 0.2) is 18.2 Å².